The average molecular weight is 374 g/mol. The van der Waals surface area contributed by atoms with Crippen molar-refractivity contribution < 1.29 is 9.59 Å². The molecule has 0 radical (unpaired) electrons. The molecule has 3 aromatic rings. The first-order chi connectivity index (χ1) is 13.6. The van der Waals surface area contributed by atoms with Crippen LogP contribution in [0.1, 0.15) is 35.5 Å². The second-order valence-electron chi connectivity index (χ2n) is 6.82. The van der Waals surface area contributed by atoms with Crippen LogP contribution in [0, 0.1) is 0 Å². The Morgan fingerprint density at radius 1 is 1.14 bits per heavy atom. The number of fused-ring (bicyclic) bond motifs is 1. The number of carbonyl (C=O) groups excluding carboxylic acids is 2. The van der Waals surface area contributed by atoms with Gasteiger partial charge < -0.3 is 10.2 Å². The lowest BCUT2D eigenvalue weighted by Gasteiger charge is -2.15. The number of rotatable bonds is 4. The highest BCUT2D eigenvalue weighted by Gasteiger charge is 2.23. The van der Waals surface area contributed by atoms with Crippen LogP contribution in [0.15, 0.2) is 54.7 Å². The molecule has 142 valence electrons. The minimum atomic E-state index is -0.180. The van der Waals surface area contributed by atoms with Crippen molar-refractivity contribution in [2.75, 3.05) is 16.8 Å². The van der Waals surface area contributed by atoms with E-state index in [1.54, 1.807) is 18.0 Å². The fourth-order valence-corrected chi connectivity index (χ4v) is 3.70. The molecular weight excluding hydrogens is 352 g/mol. The van der Waals surface area contributed by atoms with Crippen molar-refractivity contribution in [3.05, 3.63) is 71.5 Å². The molecule has 1 aliphatic rings. The molecule has 1 aromatic heterocycles. The number of benzene rings is 2. The fraction of sp³-hybridized carbons (Fsp3) is 0.227. The van der Waals surface area contributed by atoms with Crippen LogP contribution < -0.4 is 10.2 Å². The number of anilines is 2. The van der Waals surface area contributed by atoms with E-state index in [0.717, 1.165) is 34.7 Å². The minimum absolute atomic E-state index is 0.0384. The van der Waals surface area contributed by atoms with Crippen molar-refractivity contribution in [2.45, 2.75) is 26.7 Å². The summed E-state index contributed by atoms with van der Waals surface area (Å²) >= 11 is 0. The Kier molecular flexibility index (Phi) is 4.69. The van der Waals surface area contributed by atoms with Crippen LogP contribution in [-0.4, -0.2) is 28.1 Å². The first kappa shape index (κ1) is 18.0. The van der Waals surface area contributed by atoms with Gasteiger partial charge in [-0.05, 0) is 48.7 Å². The zero-order valence-corrected chi connectivity index (χ0v) is 16.0. The van der Waals surface area contributed by atoms with Gasteiger partial charge in [-0.1, -0.05) is 25.1 Å². The first-order valence-electron chi connectivity index (χ1n) is 9.43. The van der Waals surface area contributed by atoms with E-state index in [1.165, 1.54) is 0 Å². The van der Waals surface area contributed by atoms with Crippen LogP contribution in [0.4, 0.5) is 11.4 Å². The Morgan fingerprint density at radius 3 is 2.64 bits per heavy atom. The molecule has 4 rings (SSSR count). The van der Waals surface area contributed by atoms with Gasteiger partial charge in [-0.2, -0.15) is 5.10 Å². The Labute approximate surface area is 163 Å². The Hall–Kier alpha value is -3.41. The van der Waals surface area contributed by atoms with Gasteiger partial charge in [0.15, 0.2) is 0 Å². The van der Waals surface area contributed by atoms with Gasteiger partial charge in [-0.3, -0.25) is 9.59 Å². The fourth-order valence-electron chi connectivity index (χ4n) is 3.70. The molecule has 0 unspecified atom stereocenters. The molecule has 2 aromatic carbocycles. The number of nitrogens with one attached hydrogen (secondary N) is 1. The van der Waals surface area contributed by atoms with Gasteiger partial charge in [0.1, 0.15) is 0 Å². The third-order valence-corrected chi connectivity index (χ3v) is 5.06. The molecule has 0 spiro atoms. The van der Waals surface area contributed by atoms with E-state index in [9.17, 15) is 9.59 Å². The van der Waals surface area contributed by atoms with Crippen LogP contribution in [0.3, 0.4) is 0 Å². The molecule has 0 saturated heterocycles. The molecule has 1 aliphatic heterocycles. The number of hydrogen-bond donors (Lipinski definition) is 1. The van der Waals surface area contributed by atoms with E-state index in [1.807, 2.05) is 60.1 Å². The third kappa shape index (κ3) is 3.17. The zero-order valence-electron chi connectivity index (χ0n) is 16.0. The second kappa shape index (κ2) is 7.31. The lowest BCUT2D eigenvalue weighted by atomic mass is 10.1. The predicted octanol–water partition coefficient (Wildman–Crippen LogP) is 3.60. The van der Waals surface area contributed by atoms with Gasteiger partial charge in [0.25, 0.3) is 5.91 Å². The number of amides is 2. The number of hydrogen-bond acceptors (Lipinski definition) is 3. The molecule has 6 nitrogen and oxygen atoms in total. The molecular formula is C22H22N4O2. The van der Waals surface area contributed by atoms with E-state index in [-0.39, 0.29) is 11.8 Å². The summed E-state index contributed by atoms with van der Waals surface area (Å²) in [6.07, 6.45) is 3.10. The van der Waals surface area contributed by atoms with Crippen molar-refractivity contribution >= 4 is 23.2 Å². The Morgan fingerprint density at radius 2 is 1.93 bits per heavy atom. The topological polar surface area (TPSA) is 67.2 Å². The number of aromatic nitrogens is 2. The molecule has 2 heterocycles. The van der Waals surface area contributed by atoms with Crippen LogP contribution in [-0.2, 0) is 17.6 Å². The van der Waals surface area contributed by atoms with Crippen LogP contribution in [0.25, 0.3) is 5.69 Å². The lowest BCUT2D eigenvalue weighted by Crippen LogP contribution is -2.25. The smallest absolute Gasteiger partial charge is 0.259 e. The normalized spacial score (nSPS) is 12.7. The summed E-state index contributed by atoms with van der Waals surface area (Å²) in [5, 5.41) is 7.39. The summed E-state index contributed by atoms with van der Waals surface area (Å²) < 4.78 is 1.81. The third-order valence-electron chi connectivity index (χ3n) is 5.06. The monoisotopic (exact) mass is 374 g/mol. The molecule has 0 aliphatic carbocycles. The summed E-state index contributed by atoms with van der Waals surface area (Å²) in [5.74, 6) is -0.142. The zero-order chi connectivity index (χ0) is 19.7. The summed E-state index contributed by atoms with van der Waals surface area (Å²) in [6, 6.07) is 15.5. The number of para-hydroxylation sites is 1. The van der Waals surface area contributed by atoms with Crippen LogP contribution in [0.2, 0.25) is 0 Å². The maximum atomic E-state index is 12.9. The highest BCUT2D eigenvalue weighted by Crippen LogP contribution is 2.30. The molecule has 0 saturated carbocycles. The molecule has 28 heavy (non-hydrogen) atoms. The van der Waals surface area contributed by atoms with Crippen molar-refractivity contribution in [1.82, 2.24) is 9.78 Å². The van der Waals surface area contributed by atoms with Crippen LogP contribution >= 0.6 is 0 Å². The minimum Gasteiger partial charge on any atom is -0.322 e. The maximum absolute atomic E-state index is 12.9. The number of carbonyl (C=O) groups is 2. The van der Waals surface area contributed by atoms with E-state index < -0.39 is 0 Å². The van der Waals surface area contributed by atoms with Gasteiger partial charge >= 0.3 is 0 Å². The number of nitrogens with zero attached hydrogens (tertiary/aromatic N) is 3. The first-order valence-corrected chi connectivity index (χ1v) is 9.43. The highest BCUT2D eigenvalue weighted by atomic mass is 16.2. The molecule has 6 heteroatoms. The van der Waals surface area contributed by atoms with Crippen molar-refractivity contribution in [3.8, 4) is 5.69 Å². The van der Waals surface area contributed by atoms with E-state index in [2.05, 4.69) is 10.4 Å². The van der Waals surface area contributed by atoms with Crippen molar-refractivity contribution in [2.24, 2.45) is 0 Å². The maximum Gasteiger partial charge on any atom is 0.259 e. The second-order valence-corrected chi connectivity index (χ2v) is 6.82. The van der Waals surface area contributed by atoms with Gasteiger partial charge in [0.2, 0.25) is 5.91 Å². The van der Waals surface area contributed by atoms with Gasteiger partial charge in [0.05, 0.1) is 23.1 Å². The Bertz CT molecular complexity index is 1040. The standard InChI is InChI=1S/C22H22N4O2/c1-3-20-19(14-23-26(20)18-7-5-4-6-8-18)22(28)24-17-9-10-21-16(13-17)11-12-25(21)15(2)27/h4-10,13-14H,3,11-12H2,1-2H3,(H,24,28). The summed E-state index contributed by atoms with van der Waals surface area (Å²) in [4.78, 5) is 26.3. The lowest BCUT2D eigenvalue weighted by molar-refractivity contribution is -0.116. The van der Waals surface area contributed by atoms with E-state index >= 15 is 0 Å². The average Bonchev–Trinajstić information content (AvgIpc) is 3.32. The van der Waals surface area contributed by atoms with E-state index in [4.69, 9.17) is 0 Å². The van der Waals surface area contributed by atoms with Crippen molar-refractivity contribution in [3.63, 3.8) is 0 Å². The Balaban J connectivity index is 1.58. The van der Waals surface area contributed by atoms with Crippen molar-refractivity contribution in [1.29, 1.82) is 0 Å². The van der Waals surface area contributed by atoms with Gasteiger partial charge in [0, 0.05) is 24.8 Å². The SMILES string of the molecule is CCc1c(C(=O)Nc2ccc3c(c2)CCN3C(C)=O)cnn1-c1ccccc1. The molecule has 2 amide bonds. The van der Waals surface area contributed by atoms with Gasteiger partial charge in [-0.15, -0.1) is 0 Å². The molecule has 0 atom stereocenters. The quantitative estimate of drug-likeness (QED) is 0.759. The summed E-state index contributed by atoms with van der Waals surface area (Å²) in [7, 11) is 0. The van der Waals surface area contributed by atoms with Crippen LogP contribution in [0.5, 0.6) is 0 Å². The largest absolute Gasteiger partial charge is 0.322 e. The summed E-state index contributed by atoms with van der Waals surface area (Å²) in [6.45, 7) is 4.27. The molecule has 0 bridgehead atoms. The summed E-state index contributed by atoms with van der Waals surface area (Å²) in [5.41, 5.74) is 5.09. The van der Waals surface area contributed by atoms with E-state index in [0.29, 0.717) is 18.5 Å². The molecule has 1 N–H and O–H groups in total. The molecule has 0 fully saturated rings. The predicted molar refractivity (Wildman–Crippen MR) is 109 cm³/mol. The van der Waals surface area contributed by atoms with Gasteiger partial charge in [-0.25, -0.2) is 4.68 Å². The highest BCUT2D eigenvalue weighted by molar-refractivity contribution is 6.05.